The second-order valence-corrected chi connectivity index (χ2v) is 9.39. The van der Waals surface area contributed by atoms with Crippen LogP contribution in [0.25, 0.3) is 0 Å². The van der Waals surface area contributed by atoms with Gasteiger partial charge in [-0.25, -0.2) is 4.39 Å². The molecule has 37 heavy (non-hydrogen) atoms. The zero-order chi connectivity index (χ0) is 26.2. The van der Waals surface area contributed by atoms with Crippen molar-refractivity contribution in [1.82, 2.24) is 20.1 Å². The van der Waals surface area contributed by atoms with Crippen molar-refractivity contribution in [2.45, 2.75) is 29.8 Å². The SMILES string of the molecule is COc1ccc(OC)c(CC(=O)NC(Cc2ccccc2)c2nnc(SCc3ccccc3F)n2C)c1. The lowest BCUT2D eigenvalue weighted by molar-refractivity contribution is -0.121. The van der Waals surface area contributed by atoms with Crippen molar-refractivity contribution in [3.63, 3.8) is 0 Å². The van der Waals surface area contributed by atoms with Crippen LogP contribution in [0.1, 0.15) is 28.6 Å². The molecule has 0 fully saturated rings. The third kappa shape index (κ3) is 6.68. The van der Waals surface area contributed by atoms with E-state index in [1.54, 1.807) is 44.6 Å². The van der Waals surface area contributed by atoms with Gasteiger partial charge in [0.25, 0.3) is 0 Å². The molecule has 4 aromatic rings. The lowest BCUT2D eigenvalue weighted by Gasteiger charge is -2.19. The Bertz CT molecular complexity index is 1350. The Labute approximate surface area is 220 Å². The summed E-state index contributed by atoms with van der Waals surface area (Å²) in [5, 5.41) is 12.5. The number of amides is 1. The van der Waals surface area contributed by atoms with Crippen LogP contribution in [0.3, 0.4) is 0 Å². The first-order valence-corrected chi connectivity index (χ1v) is 12.8. The predicted octanol–water partition coefficient (Wildman–Crippen LogP) is 4.91. The van der Waals surface area contributed by atoms with Gasteiger partial charge in [-0.2, -0.15) is 0 Å². The molecule has 0 radical (unpaired) electrons. The van der Waals surface area contributed by atoms with Gasteiger partial charge in [0.1, 0.15) is 17.3 Å². The molecule has 1 aromatic heterocycles. The zero-order valence-electron chi connectivity index (χ0n) is 21.0. The first-order valence-electron chi connectivity index (χ1n) is 11.8. The van der Waals surface area contributed by atoms with Crippen molar-refractivity contribution in [1.29, 1.82) is 0 Å². The van der Waals surface area contributed by atoms with Crippen LogP contribution in [0.2, 0.25) is 0 Å². The van der Waals surface area contributed by atoms with Crippen molar-refractivity contribution in [3.8, 4) is 11.5 Å². The number of methoxy groups -OCH3 is 2. The van der Waals surface area contributed by atoms with Gasteiger partial charge in [-0.1, -0.05) is 60.3 Å². The molecular weight excluding hydrogens is 491 g/mol. The van der Waals surface area contributed by atoms with Gasteiger partial charge in [0.2, 0.25) is 5.91 Å². The number of aromatic nitrogens is 3. The Hall–Kier alpha value is -3.85. The monoisotopic (exact) mass is 520 g/mol. The van der Waals surface area contributed by atoms with Crippen molar-refractivity contribution < 1.29 is 18.7 Å². The quantitative estimate of drug-likeness (QED) is 0.283. The maximum absolute atomic E-state index is 14.1. The molecular formula is C28H29FN4O3S. The molecule has 7 nitrogen and oxygen atoms in total. The summed E-state index contributed by atoms with van der Waals surface area (Å²) in [5.41, 5.74) is 2.37. The Morgan fingerprint density at radius 1 is 1.00 bits per heavy atom. The van der Waals surface area contributed by atoms with Crippen LogP contribution in [0, 0.1) is 5.82 Å². The summed E-state index contributed by atoms with van der Waals surface area (Å²) in [4.78, 5) is 13.2. The molecule has 0 aliphatic rings. The van der Waals surface area contributed by atoms with Gasteiger partial charge in [0.15, 0.2) is 11.0 Å². The molecule has 1 N–H and O–H groups in total. The van der Waals surface area contributed by atoms with Crippen LogP contribution in [-0.4, -0.2) is 34.9 Å². The minimum absolute atomic E-state index is 0.110. The number of nitrogens with one attached hydrogen (secondary N) is 1. The van der Waals surface area contributed by atoms with Crippen LogP contribution in [0.4, 0.5) is 4.39 Å². The van der Waals surface area contributed by atoms with Gasteiger partial charge in [-0.3, -0.25) is 4.79 Å². The Morgan fingerprint density at radius 3 is 2.49 bits per heavy atom. The number of rotatable bonds is 11. The van der Waals surface area contributed by atoms with Gasteiger partial charge in [0.05, 0.1) is 26.7 Å². The summed E-state index contributed by atoms with van der Waals surface area (Å²) in [6.45, 7) is 0. The van der Waals surface area contributed by atoms with Gasteiger partial charge in [0, 0.05) is 18.4 Å². The summed E-state index contributed by atoms with van der Waals surface area (Å²) >= 11 is 1.40. The van der Waals surface area contributed by atoms with E-state index in [-0.39, 0.29) is 18.1 Å². The van der Waals surface area contributed by atoms with Crippen LogP contribution in [0.5, 0.6) is 11.5 Å². The molecule has 1 amide bonds. The first-order chi connectivity index (χ1) is 18.0. The van der Waals surface area contributed by atoms with Gasteiger partial charge < -0.3 is 19.4 Å². The van der Waals surface area contributed by atoms with Gasteiger partial charge in [-0.05, 0) is 41.8 Å². The Morgan fingerprint density at radius 2 is 1.76 bits per heavy atom. The minimum atomic E-state index is -0.424. The molecule has 4 rings (SSSR count). The molecule has 3 aromatic carbocycles. The van der Waals surface area contributed by atoms with Crippen molar-refractivity contribution >= 4 is 17.7 Å². The van der Waals surface area contributed by atoms with Crippen LogP contribution >= 0.6 is 11.8 Å². The summed E-state index contributed by atoms with van der Waals surface area (Å²) in [5.74, 6) is 1.86. The Kier molecular flexibility index (Phi) is 8.79. The molecule has 1 atom stereocenters. The third-order valence-corrected chi connectivity index (χ3v) is 7.02. The van der Waals surface area contributed by atoms with Crippen LogP contribution in [-0.2, 0) is 30.4 Å². The number of ether oxygens (including phenoxy) is 2. The second-order valence-electron chi connectivity index (χ2n) is 8.44. The van der Waals surface area contributed by atoms with E-state index in [9.17, 15) is 9.18 Å². The molecule has 1 unspecified atom stereocenters. The maximum atomic E-state index is 14.1. The van der Waals surface area contributed by atoms with E-state index in [1.165, 1.54) is 17.8 Å². The summed E-state index contributed by atoms with van der Waals surface area (Å²) < 4.78 is 26.7. The maximum Gasteiger partial charge on any atom is 0.225 e. The van der Waals surface area contributed by atoms with Gasteiger partial charge >= 0.3 is 0 Å². The molecule has 1 heterocycles. The summed E-state index contributed by atoms with van der Waals surface area (Å²) in [6, 6.07) is 21.5. The summed E-state index contributed by atoms with van der Waals surface area (Å²) in [6.07, 6.45) is 0.643. The predicted molar refractivity (Wildman–Crippen MR) is 141 cm³/mol. The first kappa shape index (κ1) is 26.2. The number of benzene rings is 3. The standard InChI is InChI=1S/C28H29FN4O3S/c1-33-27(31-32-28(33)37-18-20-11-7-8-12-23(20)29)24(15-19-9-5-4-6-10-19)30-26(34)17-21-16-22(35-2)13-14-25(21)36-3/h4-14,16,24H,15,17-18H2,1-3H3,(H,30,34). The molecule has 0 saturated heterocycles. The van der Waals surface area contributed by atoms with Crippen LogP contribution < -0.4 is 14.8 Å². The number of hydrogen-bond donors (Lipinski definition) is 1. The van der Waals surface area contributed by atoms with E-state index >= 15 is 0 Å². The number of nitrogens with zero attached hydrogens (tertiary/aromatic N) is 3. The van der Waals surface area contributed by atoms with Crippen molar-refractivity contribution in [2.24, 2.45) is 7.05 Å². The number of carbonyl (C=O) groups excluding carboxylic acids is 1. The largest absolute Gasteiger partial charge is 0.497 e. The molecule has 9 heteroatoms. The number of hydrogen-bond acceptors (Lipinski definition) is 6. The number of halogens is 1. The van der Waals surface area contributed by atoms with Crippen molar-refractivity contribution in [3.05, 3.63) is 101 Å². The fourth-order valence-corrected chi connectivity index (χ4v) is 4.91. The highest BCUT2D eigenvalue weighted by atomic mass is 32.2. The smallest absolute Gasteiger partial charge is 0.225 e. The fraction of sp³-hybridized carbons (Fsp3) is 0.250. The molecule has 192 valence electrons. The molecule has 0 bridgehead atoms. The summed E-state index contributed by atoms with van der Waals surface area (Å²) in [7, 11) is 5.01. The van der Waals surface area contributed by atoms with Crippen LogP contribution in [0.15, 0.2) is 78.0 Å². The average molecular weight is 521 g/mol. The molecule has 0 saturated carbocycles. The topological polar surface area (TPSA) is 78.3 Å². The number of carbonyl (C=O) groups is 1. The average Bonchev–Trinajstić information content (AvgIpc) is 3.28. The highest BCUT2D eigenvalue weighted by Crippen LogP contribution is 2.27. The molecule has 0 aliphatic carbocycles. The van der Waals surface area contributed by atoms with E-state index in [0.29, 0.717) is 40.2 Å². The second kappa shape index (κ2) is 12.4. The van der Waals surface area contributed by atoms with E-state index in [1.807, 2.05) is 48.0 Å². The minimum Gasteiger partial charge on any atom is -0.497 e. The molecule has 0 spiro atoms. The normalized spacial score (nSPS) is 11.7. The van der Waals surface area contributed by atoms with Gasteiger partial charge in [-0.15, -0.1) is 10.2 Å². The van der Waals surface area contributed by atoms with Crippen molar-refractivity contribution in [2.75, 3.05) is 14.2 Å². The highest BCUT2D eigenvalue weighted by molar-refractivity contribution is 7.98. The molecule has 0 aliphatic heterocycles. The lowest BCUT2D eigenvalue weighted by atomic mass is 10.0. The lowest BCUT2D eigenvalue weighted by Crippen LogP contribution is -2.33. The number of thioether (sulfide) groups is 1. The highest BCUT2D eigenvalue weighted by Gasteiger charge is 2.23. The van der Waals surface area contributed by atoms with E-state index in [0.717, 1.165) is 11.1 Å². The van der Waals surface area contributed by atoms with E-state index in [2.05, 4.69) is 15.5 Å². The van der Waals surface area contributed by atoms with E-state index < -0.39 is 6.04 Å². The Balaban J connectivity index is 1.55. The zero-order valence-corrected chi connectivity index (χ0v) is 21.8. The third-order valence-electron chi connectivity index (χ3n) is 5.95. The van der Waals surface area contributed by atoms with E-state index in [4.69, 9.17) is 9.47 Å². The fourth-order valence-electron chi connectivity index (χ4n) is 4.01.